The molecule has 3 rings (SSSR count). The molecular formula is C16H12Cl3N3O4S. The average molecular weight is 449 g/mol. The number of alkyl halides is 3. The third kappa shape index (κ3) is 3.90. The lowest BCUT2D eigenvalue weighted by molar-refractivity contribution is -0.123. The first-order valence-corrected chi connectivity index (χ1v) is 10.1. The van der Waals surface area contributed by atoms with E-state index >= 15 is 0 Å². The fourth-order valence-corrected chi connectivity index (χ4v) is 3.57. The number of nitrogens with zero attached hydrogens (tertiary/aromatic N) is 1. The Hall–Kier alpha value is -1.84. The number of carbonyl (C=O) groups excluding carboxylic acids is 2. The van der Waals surface area contributed by atoms with Gasteiger partial charge in [-0.05, 0) is 23.8 Å². The zero-order valence-corrected chi connectivity index (χ0v) is 16.5. The van der Waals surface area contributed by atoms with Crippen LogP contribution < -0.4 is 15.4 Å². The molecule has 27 heavy (non-hydrogen) atoms. The van der Waals surface area contributed by atoms with Crippen LogP contribution in [0.5, 0.6) is 0 Å². The van der Waals surface area contributed by atoms with E-state index in [1.165, 1.54) is 12.1 Å². The first kappa shape index (κ1) is 19.9. The monoisotopic (exact) mass is 447 g/mol. The van der Waals surface area contributed by atoms with Gasteiger partial charge in [-0.2, -0.15) is 0 Å². The summed E-state index contributed by atoms with van der Waals surface area (Å²) in [5, 5.41) is 7.70. The van der Waals surface area contributed by atoms with E-state index in [0.29, 0.717) is 5.56 Å². The van der Waals surface area contributed by atoms with Crippen molar-refractivity contribution in [2.45, 2.75) is 14.7 Å². The smallest absolute Gasteiger partial charge is 0.280 e. The molecule has 0 aromatic heterocycles. The molecule has 0 bridgehead atoms. The van der Waals surface area contributed by atoms with Crippen LogP contribution in [0.3, 0.4) is 0 Å². The highest BCUT2D eigenvalue weighted by Crippen LogP contribution is 2.43. The minimum absolute atomic E-state index is 0.0568. The number of anilines is 2. The molecule has 1 atom stereocenters. The fraction of sp³-hybridized carbons (Fsp3) is 0.125. The number of rotatable bonds is 2. The van der Waals surface area contributed by atoms with Gasteiger partial charge in [0, 0.05) is 0 Å². The van der Waals surface area contributed by atoms with Crippen molar-refractivity contribution in [3.63, 3.8) is 0 Å². The molecule has 2 aromatic rings. The van der Waals surface area contributed by atoms with E-state index in [2.05, 4.69) is 5.32 Å². The second-order valence-electron chi connectivity index (χ2n) is 5.70. The summed E-state index contributed by atoms with van der Waals surface area (Å²) in [6, 6.07) is 11.0. The number of fused-ring (bicyclic) bond motifs is 1. The predicted molar refractivity (Wildman–Crippen MR) is 103 cm³/mol. The van der Waals surface area contributed by atoms with Gasteiger partial charge in [-0.15, -0.1) is 0 Å². The molecule has 1 aliphatic rings. The highest BCUT2D eigenvalue weighted by molar-refractivity contribution is 7.89. The van der Waals surface area contributed by atoms with Gasteiger partial charge < -0.3 is 5.32 Å². The van der Waals surface area contributed by atoms with Crippen LogP contribution in [0.2, 0.25) is 0 Å². The SMILES string of the molecule is NS(=O)(=O)c1ccc2c(c1)NC(=O)C(c1ccccc1)N2C(=O)C(Cl)(Cl)Cl. The number of nitrogens with two attached hydrogens (primary N) is 1. The van der Waals surface area contributed by atoms with Crippen molar-refractivity contribution in [3.8, 4) is 0 Å². The molecule has 1 heterocycles. The third-order valence-electron chi connectivity index (χ3n) is 3.90. The molecule has 0 spiro atoms. The van der Waals surface area contributed by atoms with Gasteiger partial charge in [0.2, 0.25) is 10.0 Å². The van der Waals surface area contributed by atoms with Crippen LogP contribution in [0.4, 0.5) is 11.4 Å². The second kappa shape index (κ2) is 6.96. The van der Waals surface area contributed by atoms with Gasteiger partial charge in [0.25, 0.3) is 15.6 Å². The lowest BCUT2D eigenvalue weighted by atomic mass is 10.00. The Balaban J connectivity index is 2.22. The number of amides is 2. The fourth-order valence-electron chi connectivity index (χ4n) is 2.76. The van der Waals surface area contributed by atoms with Crippen molar-refractivity contribution in [1.29, 1.82) is 0 Å². The molecule has 7 nitrogen and oxygen atoms in total. The first-order chi connectivity index (χ1) is 12.5. The van der Waals surface area contributed by atoms with E-state index < -0.39 is 31.7 Å². The first-order valence-electron chi connectivity index (χ1n) is 7.43. The Morgan fingerprint density at radius 3 is 2.30 bits per heavy atom. The molecule has 0 aliphatic carbocycles. The summed E-state index contributed by atoms with van der Waals surface area (Å²) < 4.78 is 20.8. The molecule has 1 aliphatic heterocycles. The Morgan fingerprint density at radius 2 is 1.74 bits per heavy atom. The standard InChI is InChI=1S/C16H12Cl3N3O4S/c17-16(18,19)15(24)22-12-7-6-10(27(20,25)26)8-11(12)21-14(23)13(22)9-4-2-1-3-5-9/h1-8,13H,(H,21,23)(H2,20,25,26). The lowest BCUT2D eigenvalue weighted by Crippen LogP contribution is -2.49. The van der Waals surface area contributed by atoms with Gasteiger partial charge in [0.15, 0.2) is 0 Å². The largest absolute Gasteiger partial charge is 0.322 e. The van der Waals surface area contributed by atoms with Crippen LogP contribution in [0.25, 0.3) is 0 Å². The number of hydrogen-bond acceptors (Lipinski definition) is 4. The van der Waals surface area contributed by atoms with Crippen LogP contribution in [0, 0.1) is 0 Å². The molecule has 2 amide bonds. The molecule has 3 N–H and O–H groups in total. The van der Waals surface area contributed by atoms with Crippen LogP contribution >= 0.6 is 34.8 Å². The van der Waals surface area contributed by atoms with E-state index in [9.17, 15) is 18.0 Å². The maximum Gasteiger partial charge on any atom is 0.280 e. The highest BCUT2D eigenvalue weighted by atomic mass is 35.6. The number of primary sulfonamides is 1. The van der Waals surface area contributed by atoms with Crippen molar-refractivity contribution in [1.82, 2.24) is 0 Å². The van der Waals surface area contributed by atoms with E-state index in [4.69, 9.17) is 39.9 Å². The zero-order valence-electron chi connectivity index (χ0n) is 13.4. The van der Waals surface area contributed by atoms with Gasteiger partial charge in [-0.1, -0.05) is 65.1 Å². The summed E-state index contributed by atoms with van der Waals surface area (Å²) in [6.45, 7) is 0. The number of halogens is 3. The molecular weight excluding hydrogens is 437 g/mol. The van der Waals surface area contributed by atoms with Crippen molar-refractivity contribution in [3.05, 3.63) is 54.1 Å². The van der Waals surface area contributed by atoms with Crippen LogP contribution in [-0.2, 0) is 19.6 Å². The number of hydrogen-bond donors (Lipinski definition) is 2. The topological polar surface area (TPSA) is 110 Å². The molecule has 142 valence electrons. The van der Waals surface area contributed by atoms with Gasteiger partial charge in [0.05, 0.1) is 16.3 Å². The average Bonchev–Trinajstić information content (AvgIpc) is 2.58. The minimum Gasteiger partial charge on any atom is -0.322 e. The molecule has 1 unspecified atom stereocenters. The normalized spacial score (nSPS) is 17.3. The van der Waals surface area contributed by atoms with Crippen LogP contribution in [-0.4, -0.2) is 24.0 Å². The van der Waals surface area contributed by atoms with E-state index in [0.717, 1.165) is 11.0 Å². The van der Waals surface area contributed by atoms with Crippen molar-refractivity contribution in [2.24, 2.45) is 5.14 Å². The Morgan fingerprint density at radius 1 is 1.11 bits per heavy atom. The maximum absolute atomic E-state index is 12.8. The molecule has 11 heteroatoms. The lowest BCUT2D eigenvalue weighted by Gasteiger charge is -2.38. The van der Waals surface area contributed by atoms with Crippen LogP contribution in [0.15, 0.2) is 53.4 Å². The summed E-state index contributed by atoms with van der Waals surface area (Å²) in [4.78, 5) is 26.3. The number of carbonyl (C=O) groups is 2. The highest BCUT2D eigenvalue weighted by Gasteiger charge is 2.45. The number of nitrogens with one attached hydrogen (secondary N) is 1. The molecule has 0 saturated heterocycles. The Bertz CT molecular complexity index is 1020. The summed E-state index contributed by atoms with van der Waals surface area (Å²) in [6.07, 6.45) is 0. The zero-order chi connectivity index (χ0) is 20.0. The Kier molecular flexibility index (Phi) is 5.13. The van der Waals surface area contributed by atoms with E-state index in [1.807, 2.05) is 0 Å². The van der Waals surface area contributed by atoms with Crippen molar-refractivity contribution < 1.29 is 18.0 Å². The van der Waals surface area contributed by atoms with E-state index in [-0.39, 0.29) is 16.3 Å². The number of benzene rings is 2. The molecule has 0 saturated carbocycles. The van der Waals surface area contributed by atoms with Gasteiger partial charge in [-0.25, -0.2) is 13.6 Å². The summed E-state index contributed by atoms with van der Waals surface area (Å²) >= 11 is 17.3. The molecule has 0 fully saturated rings. The van der Waals surface area contributed by atoms with Gasteiger partial charge in [0.1, 0.15) is 6.04 Å². The predicted octanol–water partition coefficient (Wildman–Crippen LogP) is 2.73. The van der Waals surface area contributed by atoms with Crippen molar-refractivity contribution >= 4 is 68.0 Å². The second-order valence-corrected chi connectivity index (χ2v) is 9.54. The molecule has 0 radical (unpaired) electrons. The summed E-state index contributed by atoms with van der Waals surface area (Å²) in [5.41, 5.74) is 0.715. The van der Waals surface area contributed by atoms with E-state index in [1.54, 1.807) is 30.3 Å². The third-order valence-corrected chi connectivity index (χ3v) is 5.29. The quantitative estimate of drug-likeness (QED) is 0.688. The maximum atomic E-state index is 12.8. The van der Waals surface area contributed by atoms with Gasteiger partial charge in [-0.3, -0.25) is 14.5 Å². The summed E-state index contributed by atoms with van der Waals surface area (Å²) in [7, 11) is -4.02. The Labute approximate surface area is 170 Å². The van der Waals surface area contributed by atoms with Crippen LogP contribution in [0.1, 0.15) is 11.6 Å². The van der Waals surface area contributed by atoms with Crippen molar-refractivity contribution in [2.75, 3.05) is 10.2 Å². The van der Waals surface area contributed by atoms with Gasteiger partial charge >= 0.3 is 0 Å². The summed E-state index contributed by atoms with van der Waals surface area (Å²) in [5.74, 6) is -1.55. The molecule has 2 aromatic carbocycles. The number of sulfonamides is 1. The minimum atomic E-state index is -4.02.